The van der Waals surface area contributed by atoms with Gasteiger partial charge in [-0.3, -0.25) is 4.79 Å². The van der Waals surface area contributed by atoms with Crippen molar-refractivity contribution in [2.45, 2.75) is 45.1 Å². The molecule has 0 saturated heterocycles. The fourth-order valence-electron chi connectivity index (χ4n) is 2.23. The van der Waals surface area contributed by atoms with Gasteiger partial charge >= 0.3 is 0 Å². The summed E-state index contributed by atoms with van der Waals surface area (Å²) in [6.07, 6.45) is 5.71. The van der Waals surface area contributed by atoms with Gasteiger partial charge in [0.2, 0.25) is 5.91 Å². The Balaban J connectivity index is 1.97. The molecule has 0 heterocycles. The zero-order valence-electron chi connectivity index (χ0n) is 11.1. The molecule has 0 spiro atoms. The lowest BCUT2D eigenvalue weighted by atomic mass is 9.87. The number of nitrogens with one attached hydrogen (secondary N) is 2. The molecule has 0 atom stereocenters. The third kappa shape index (κ3) is 6.64. The average Bonchev–Trinajstić information content (AvgIpc) is 2.32. The molecule has 0 aromatic heterocycles. The van der Waals surface area contributed by atoms with Crippen LogP contribution in [0.5, 0.6) is 0 Å². The third-order valence-corrected chi connectivity index (χ3v) is 3.43. The lowest BCUT2D eigenvalue weighted by Gasteiger charge is -2.26. The van der Waals surface area contributed by atoms with Gasteiger partial charge in [-0.2, -0.15) is 0 Å². The van der Waals surface area contributed by atoms with Gasteiger partial charge in [0.1, 0.15) is 0 Å². The number of ether oxygens (including phenoxy) is 1. The second-order valence-corrected chi connectivity index (χ2v) is 5.00. The largest absolute Gasteiger partial charge is 0.383 e. The van der Waals surface area contributed by atoms with Gasteiger partial charge in [-0.05, 0) is 31.6 Å². The highest BCUT2D eigenvalue weighted by molar-refractivity contribution is 5.76. The van der Waals surface area contributed by atoms with Gasteiger partial charge in [0.05, 0.1) is 6.61 Å². The summed E-state index contributed by atoms with van der Waals surface area (Å²) in [5.41, 5.74) is 0. The van der Waals surface area contributed by atoms with Gasteiger partial charge in [-0.15, -0.1) is 0 Å². The summed E-state index contributed by atoms with van der Waals surface area (Å²) < 4.78 is 4.87. The molecule has 100 valence electrons. The van der Waals surface area contributed by atoms with Crippen LogP contribution in [0.2, 0.25) is 0 Å². The fourth-order valence-corrected chi connectivity index (χ4v) is 2.23. The molecule has 1 fully saturated rings. The lowest BCUT2D eigenvalue weighted by Crippen LogP contribution is -2.36. The van der Waals surface area contributed by atoms with E-state index >= 15 is 0 Å². The molecular formula is C13H26N2O2. The van der Waals surface area contributed by atoms with Crippen LogP contribution in [0.25, 0.3) is 0 Å². The van der Waals surface area contributed by atoms with E-state index in [9.17, 15) is 4.79 Å². The first kappa shape index (κ1) is 14.5. The van der Waals surface area contributed by atoms with Gasteiger partial charge in [0, 0.05) is 32.7 Å². The Morgan fingerprint density at radius 3 is 2.59 bits per heavy atom. The Kier molecular flexibility index (Phi) is 7.21. The molecule has 1 aliphatic carbocycles. The van der Waals surface area contributed by atoms with Crippen molar-refractivity contribution >= 4 is 5.91 Å². The number of carbonyl (C=O) groups excluding carboxylic acids is 1. The monoisotopic (exact) mass is 242 g/mol. The fraction of sp³-hybridized carbons (Fsp3) is 0.923. The van der Waals surface area contributed by atoms with Crippen LogP contribution in [0.3, 0.4) is 0 Å². The highest BCUT2D eigenvalue weighted by Crippen LogP contribution is 2.23. The van der Waals surface area contributed by atoms with Crippen LogP contribution in [0, 0.1) is 5.92 Å². The summed E-state index contributed by atoms with van der Waals surface area (Å²) in [4.78, 5) is 11.4. The summed E-state index contributed by atoms with van der Waals surface area (Å²) in [5, 5.41) is 6.30. The predicted molar refractivity (Wildman–Crippen MR) is 68.9 cm³/mol. The van der Waals surface area contributed by atoms with E-state index in [4.69, 9.17) is 4.74 Å². The van der Waals surface area contributed by atoms with Crippen molar-refractivity contribution in [2.24, 2.45) is 5.92 Å². The smallest absolute Gasteiger partial charge is 0.221 e. The van der Waals surface area contributed by atoms with Crippen molar-refractivity contribution in [2.75, 3.05) is 26.8 Å². The van der Waals surface area contributed by atoms with Gasteiger partial charge < -0.3 is 15.4 Å². The standard InChI is InChI=1S/C13H26N2O2/c1-11-3-5-12(6-4-11)14-8-7-13(16)15-9-10-17-2/h11-12,14H,3-10H2,1-2H3,(H,15,16). The van der Waals surface area contributed by atoms with Gasteiger partial charge in [0.15, 0.2) is 0 Å². The third-order valence-electron chi connectivity index (χ3n) is 3.43. The molecule has 4 heteroatoms. The van der Waals surface area contributed by atoms with Crippen molar-refractivity contribution in [3.8, 4) is 0 Å². The molecule has 0 aromatic carbocycles. The lowest BCUT2D eigenvalue weighted by molar-refractivity contribution is -0.121. The van der Waals surface area contributed by atoms with Crippen LogP contribution in [-0.4, -0.2) is 38.8 Å². The van der Waals surface area contributed by atoms with Gasteiger partial charge in [0.25, 0.3) is 0 Å². The molecule has 0 bridgehead atoms. The van der Waals surface area contributed by atoms with Crippen LogP contribution >= 0.6 is 0 Å². The summed E-state index contributed by atoms with van der Waals surface area (Å²) in [6, 6.07) is 0.623. The van der Waals surface area contributed by atoms with E-state index in [0.717, 1.165) is 12.5 Å². The predicted octanol–water partition coefficient (Wildman–Crippen LogP) is 1.31. The van der Waals surface area contributed by atoms with Crippen LogP contribution in [0.1, 0.15) is 39.0 Å². The Labute approximate surface area is 104 Å². The van der Waals surface area contributed by atoms with E-state index in [1.165, 1.54) is 25.7 Å². The Morgan fingerprint density at radius 1 is 1.24 bits per heavy atom. The summed E-state index contributed by atoms with van der Waals surface area (Å²) in [7, 11) is 1.64. The maximum absolute atomic E-state index is 11.4. The van der Waals surface area contributed by atoms with E-state index in [2.05, 4.69) is 17.6 Å². The molecule has 1 rings (SSSR count). The van der Waals surface area contributed by atoms with E-state index in [0.29, 0.717) is 25.6 Å². The number of methoxy groups -OCH3 is 1. The summed E-state index contributed by atoms with van der Waals surface area (Å²) in [5.74, 6) is 0.990. The molecule has 2 N–H and O–H groups in total. The number of rotatable bonds is 7. The molecule has 0 aromatic rings. The van der Waals surface area contributed by atoms with Crippen molar-refractivity contribution < 1.29 is 9.53 Å². The maximum Gasteiger partial charge on any atom is 0.221 e. The van der Waals surface area contributed by atoms with E-state index in [-0.39, 0.29) is 5.91 Å². The van der Waals surface area contributed by atoms with Crippen molar-refractivity contribution in [1.82, 2.24) is 10.6 Å². The first-order chi connectivity index (χ1) is 8.22. The quantitative estimate of drug-likeness (QED) is 0.662. The number of hydrogen-bond donors (Lipinski definition) is 2. The van der Waals surface area contributed by atoms with Crippen molar-refractivity contribution in [3.63, 3.8) is 0 Å². The molecule has 1 aliphatic rings. The van der Waals surface area contributed by atoms with Crippen molar-refractivity contribution in [3.05, 3.63) is 0 Å². The van der Waals surface area contributed by atoms with E-state index in [1.807, 2.05) is 0 Å². The topological polar surface area (TPSA) is 50.4 Å². The van der Waals surface area contributed by atoms with Crippen LogP contribution < -0.4 is 10.6 Å². The Hall–Kier alpha value is -0.610. The zero-order valence-corrected chi connectivity index (χ0v) is 11.1. The maximum atomic E-state index is 11.4. The normalized spacial score (nSPS) is 24.6. The SMILES string of the molecule is COCCNC(=O)CCNC1CCC(C)CC1. The minimum atomic E-state index is 0.110. The highest BCUT2D eigenvalue weighted by Gasteiger charge is 2.17. The van der Waals surface area contributed by atoms with Crippen LogP contribution in [0.15, 0.2) is 0 Å². The van der Waals surface area contributed by atoms with Crippen LogP contribution in [0.4, 0.5) is 0 Å². The molecule has 0 unspecified atom stereocenters. The minimum absolute atomic E-state index is 0.110. The molecule has 1 saturated carbocycles. The van der Waals surface area contributed by atoms with Gasteiger partial charge in [-0.1, -0.05) is 6.92 Å². The van der Waals surface area contributed by atoms with E-state index in [1.54, 1.807) is 7.11 Å². The second-order valence-electron chi connectivity index (χ2n) is 5.00. The molecular weight excluding hydrogens is 216 g/mol. The summed E-state index contributed by atoms with van der Waals surface area (Å²) >= 11 is 0. The van der Waals surface area contributed by atoms with Crippen LogP contribution in [-0.2, 0) is 9.53 Å². The number of hydrogen-bond acceptors (Lipinski definition) is 3. The zero-order chi connectivity index (χ0) is 12.5. The molecule has 0 radical (unpaired) electrons. The van der Waals surface area contributed by atoms with Crippen molar-refractivity contribution in [1.29, 1.82) is 0 Å². The molecule has 17 heavy (non-hydrogen) atoms. The Morgan fingerprint density at radius 2 is 1.94 bits per heavy atom. The second kappa shape index (κ2) is 8.48. The molecule has 1 amide bonds. The van der Waals surface area contributed by atoms with E-state index < -0.39 is 0 Å². The Bertz CT molecular complexity index is 213. The number of amides is 1. The number of carbonyl (C=O) groups is 1. The highest BCUT2D eigenvalue weighted by atomic mass is 16.5. The van der Waals surface area contributed by atoms with Gasteiger partial charge in [-0.25, -0.2) is 0 Å². The molecule has 0 aliphatic heterocycles. The molecule has 4 nitrogen and oxygen atoms in total. The summed E-state index contributed by atoms with van der Waals surface area (Å²) in [6.45, 7) is 4.30. The minimum Gasteiger partial charge on any atom is -0.383 e. The first-order valence-corrected chi connectivity index (χ1v) is 6.71. The average molecular weight is 242 g/mol. The first-order valence-electron chi connectivity index (χ1n) is 6.71.